The molecule has 1 aromatic rings. The Kier molecular flexibility index (Phi) is 4.87. The summed E-state index contributed by atoms with van der Waals surface area (Å²) in [7, 11) is 1.50. The number of carbonyl (C=O) groups excluding carboxylic acids is 2. The van der Waals surface area contributed by atoms with E-state index < -0.39 is 0 Å². The molecular formula is C13H15BrO3. The zero-order valence-electron chi connectivity index (χ0n) is 10.1. The molecule has 0 radical (unpaired) electrons. The van der Waals surface area contributed by atoms with Crippen molar-refractivity contribution in [3.63, 3.8) is 0 Å². The van der Waals surface area contributed by atoms with Crippen LogP contribution >= 0.6 is 15.9 Å². The number of ketones is 2. The maximum atomic E-state index is 12.0. The van der Waals surface area contributed by atoms with Gasteiger partial charge in [0.2, 0.25) is 0 Å². The molecule has 3 nitrogen and oxygen atoms in total. The van der Waals surface area contributed by atoms with Crippen LogP contribution in [-0.2, 0) is 4.79 Å². The minimum Gasteiger partial charge on any atom is -0.496 e. The van der Waals surface area contributed by atoms with Crippen LogP contribution < -0.4 is 4.74 Å². The predicted octanol–water partition coefficient (Wildman–Crippen LogP) is 3.26. The van der Waals surface area contributed by atoms with E-state index in [1.54, 1.807) is 32.0 Å². The van der Waals surface area contributed by atoms with Crippen LogP contribution in [-0.4, -0.2) is 18.7 Å². The van der Waals surface area contributed by atoms with Crippen molar-refractivity contribution < 1.29 is 14.3 Å². The Morgan fingerprint density at radius 2 is 2.00 bits per heavy atom. The van der Waals surface area contributed by atoms with E-state index in [-0.39, 0.29) is 23.9 Å². The molecule has 0 saturated carbocycles. The summed E-state index contributed by atoms with van der Waals surface area (Å²) >= 11 is 3.30. The van der Waals surface area contributed by atoms with Crippen LogP contribution in [0.15, 0.2) is 22.7 Å². The van der Waals surface area contributed by atoms with Crippen LogP contribution in [0.3, 0.4) is 0 Å². The minimum absolute atomic E-state index is 0.0583. The van der Waals surface area contributed by atoms with Crippen molar-refractivity contribution in [3.05, 3.63) is 28.2 Å². The first-order chi connectivity index (χ1) is 7.95. The number of methoxy groups -OCH3 is 1. The van der Waals surface area contributed by atoms with E-state index in [0.717, 1.165) is 4.47 Å². The van der Waals surface area contributed by atoms with Gasteiger partial charge in [-0.1, -0.05) is 29.8 Å². The summed E-state index contributed by atoms with van der Waals surface area (Å²) < 4.78 is 5.90. The Hall–Kier alpha value is -1.16. The fourth-order valence-corrected chi connectivity index (χ4v) is 1.72. The molecule has 0 unspecified atom stereocenters. The molecule has 0 aliphatic heterocycles. The van der Waals surface area contributed by atoms with Gasteiger partial charge in [0.25, 0.3) is 0 Å². The smallest absolute Gasteiger partial charge is 0.173 e. The summed E-state index contributed by atoms with van der Waals surface area (Å²) in [5.74, 6) is 0.103. The Balaban J connectivity index is 2.95. The van der Waals surface area contributed by atoms with Crippen LogP contribution in [0.2, 0.25) is 0 Å². The molecule has 0 atom stereocenters. The van der Waals surface area contributed by atoms with Crippen LogP contribution in [0.1, 0.15) is 30.6 Å². The molecular weight excluding hydrogens is 284 g/mol. The van der Waals surface area contributed by atoms with E-state index in [0.29, 0.717) is 11.3 Å². The summed E-state index contributed by atoms with van der Waals surface area (Å²) in [6.07, 6.45) is -0.0789. The molecule has 17 heavy (non-hydrogen) atoms. The molecule has 92 valence electrons. The van der Waals surface area contributed by atoms with Gasteiger partial charge in [-0.2, -0.15) is 0 Å². The van der Waals surface area contributed by atoms with Crippen molar-refractivity contribution in [1.82, 2.24) is 0 Å². The minimum atomic E-state index is -0.207. The van der Waals surface area contributed by atoms with Crippen molar-refractivity contribution in [1.29, 1.82) is 0 Å². The monoisotopic (exact) mass is 298 g/mol. The second-order valence-electron chi connectivity index (χ2n) is 4.07. The molecule has 0 fully saturated rings. The molecule has 0 aliphatic rings. The first kappa shape index (κ1) is 13.9. The quantitative estimate of drug-likeness (QED) is 0.619. The number of rotatable bonds is 5. The average molecular weight is 299 g/mol. The fourth-order valence-electron chi connectivity index (χ4n) is 1.36. The number of Topliss-reactive ketones (excluding diaryl/α,β-unsaturated/α-hetero) is 2. The van der Waals surface area contributed by atoms with E-state index in [4.69, 9.17) is 4.74 Å². The van der Waals surface area contributed by atoms with Gasteiger partial charge in [-0.3, -0.25) is 9.59 Å². The van der Waals surface area contributed by atoms with Gasteiger partial charge in [0, 0.05) is 10.4 Å². The number of carbonyl (C=O) groups is 2. The molecule has 1 rings (SSSR count). The molecule has 4 heteroatoms. The van der Waals surface area contributed by atoms with Gasteiger partial charge in [-0.25, -0.2) is 0 Å². The molecule has 0 bridgehead atoms. The van der Waals surface area contributed by atoms with Crippen LogP contribution in [0, 0.1) is 5.92 Å². The normalized spacial score (nSPS) is 10.4. The van der Waals surface area contributed by atoms with Gasteiger partial charge < -0.3 is 4.74 Å². The highest BCUT2D eigenvalue weighted by atomic mass is 79.9. The zero-order chi connectivity index (χ0) is 13.0. The average Bonchev–Trinajstić information content (AvgIpc) is 2.28. The number of benzene rings is 1. The van der Waals surface area contributed by atoms with E-state index >= 15 is 0 Å². The Morgan fingerprint density at radius 1 is 1.35 bits per heavy atom. The van der Waals surface area contributed by atoms with E-state index in [1.165, 1.54) is 7.11 Å². The highest BCUT2D eigenvalue weighted by Gasteiger charge is 2.18. The third kappa shape index (κ3) is 3.66. The summed E-state index contributed by atoms with van der Waals surface area (Å²) in [4.78, 5) is 23.5. The Labute approximate surface area is 109 Å². The van der Waals surface area contributed by atoms with Gasteiger partial charge in [-0.15, -0.1) is 0 Å². The zero-order valence-corrected chi connectivity index (χ0v) is 11.7. The highest BCUT2D eigenvalue weighted by Crippen LogP contribution is 2.24. The second-order valence-corrected chi connectivity index (χ2v) is 4.98. The second kappa shape index (κ2) is 5.96. The van der Waals surface area contributed by atoms with E-state index in [2.05, 4.69) is 15.9 Å². The van der Waals surface area contributed by atoms with Gasteiger partial charge in [0.05, 0.1) is 19.1 Å². The van der Waals surface area contributed by atoms with Crippen LogP contribution in [0.4, 0.5) is 0 Å². The van der Waals surface area contributed by atoms with Crippen molar-refractivity contribution in [2.75, 3.05) is 7.11 Å². The number of hydrogen-bond donors (Lipinski definition) is 0. The lowest BCUT2D eigenvalue weighted by atomic mass is 9.99. The SMILES string of the molecule is COc1ccc(Br)cc1C(=O)CC(=O)C(C)C. The maximum absolute atomic E-state index is 12.0. The van der Waals surface area contributed by atoms with Crippen molar-refractivity contribution >= 4 is 27.5 Å². The fraction of sp³-hybridized carbons (Fsp3) is 0.385. The molecule has 0 saturated heterocycles. The summed E-state index contributed by atoms with van der Waals surface area (Å²) in [6, 6.07) is 5.17. The molecule has 0 aliphatic carbocycles. The molecule has 0 N–H and O–H groups in total. The summed E-state index contributed by atoms with van der Waals surface area (Å²) in [5.41, 5.74) is 0.441. The lowest BCUT2D eigenvalue weighted by Crippen LogP contribution is -2.14. The standard InChI is InChI=1S/C13H15BrO3/c1-8(2)11(15)7-12(16)10-6-9(14)4-5-13(10)17-3/h4-6,8H,7H2,1-3H3. The summed E-state index contributed by atoms with van der Waals surface area (Å²) in [6.45, 7) is 3.57. The first-order valence-corrected chi connectivity index (χ1v) is 6.14. The highest BCUT2D eigenvalue weighted by molar-refractivity contribution is 9.10. The molecule has 1 aromatic carbocycles. The van der Waals surface area contributed by atoms with Crippen molar-refractivity contribution in [3.8, 4) is 5.75 Å². The van der Waals surface area contributed by atoms with E-state index in [9.17, 15) is 9.59 Å². The number of ether oxygens (including phenoxy) is 1. The molecule has 0 spiro atoms. The van der Waals surface area contributed by atoms with Crippen LogP contribution in [0.25, 0.3) is 0 Å². The first-order valence-electron chi connectivity index (χ1n) is 5.35. The van der Waals surface area contributed by atoms with Gasteiger partial charge in [0.1, 0.15) is 11.5 Å². The Morgan fingerprint density at radius 3 is 2.53 bits per heavy atom. The molecule has 0 aromatic heterocycles. The molecule has 0 heterocycles. The maximum Gasteiger partial charge on any atom is 0.173 e. The molecule has 0 amide bonds. The third-order valence-electron chi connectivity index (χ3n) is 2.44. The largest absolute Gasteiger partial charge is 0.496 e. The van der Waals surface area contributed by atoms with Crippen LogP contribution in [0.5, 0.6) is 5.75 Å². The summed E-state index contributed by atoms with van der Waals surface area (Å²) in [5, 5.41) is 0. The lowest BCUT2D eigenvalue weighted by molar-refractivity contribution is -0.121. The van der Waals surface area contributed by atoms with Gasteiger partial charge >= 0.3 is 0 Å². The third-order valence-corrected chi connectivity index (χ3v) is 2.93. The number of halogens is 1. The van der Waals surface area contributed by atoms with Crippen molar-refractivity contribution in [2.45, 2.75) is 20.3 Å². The lowest BCUT2D eigenvalue weighted by Gasteiger charge is -2.08. The Bertz CT molecular complexity index is 438. The van der Waals surface area contributed by atoms with Gasteiger partial charge in [0.15, 0.2) is 5.78 Å². The van der Waals surface area contributed by atoms with Crippen molar-refractivity contribution in [2.24, 2.45) is 5.92 Å². The number of hydrogen-bond acceptors (Lipinski definition) is 3. The van der Waals surface area contributed by atoms with E-state index in [1.807, 2.05) is 0 Å². The predicted molar refractivity (Wildman–Crippen MR) is 69.5 cm³/mol. The topological polar surface area (TPSA) is 43.4 Å². The van der Waals surface area contributed by atoms with Gasteiger partial charge in [-0.05, 0) is 18.2 Å².